The van der Waals surface area contributed by atoms with Gasteiger partial charge in [0.1, 0.15) is 5.82 Å². The number of imide groups is 1. The summed E-state index contributed by atoms with van der Waals surface area (Å²) in [6, 6.07) is -0.386. The fourth-order valence-electron chi connectivity index (χ4n) is 1.34. The molecule has 0 saturated carbocycles. The number of amides is 3. The lowest BCUT2D eigenvalue weighted by Gasteiger charge is -2.25. The monoisotopic (exact) mass is 284 g/mol. The second-order valence-corrected chi connectivity index (χ2v) is 4.26. The van der Waals surface area contributed by atoms with Crippen molar-refractivity contribution in [3.8, 4) is 0 Å². The Morgan fingerprint density at radius 2 is 2.06 bits per heavy atom. The Morgan fingerprint density at radius 1 is 1.38 bits per heavy atom. The number of carbonyl (C=O) groups is 2. The van der Waals surface area contributed by atoms with Gasteiger partial charge < -0.3 is 4.90 Å². The number of aromatic nitrogens is 2. The summed E-state index contributed by atoms with van der Waals surface area (Å²) in [7, 11) is 0. The number of nitrogens with zero attached hydrogens (tertiary/aromatic N) is 3. The highest BCUT2D eigenvalue weighted by molar-refractivity contribution is 9.10. The first kappa shape index (κ1) is 11.0. The maximum absolute atomic E-state index is 11.4. The minimum Gasteiger partial charge on any atom is -0.316 e. The van der Waals surface area contributed by atoms with E-state index in [-0.39, 0.29) is 11.9 Å². The van der Waals surface area contributed by atoms with E-state index in [1.807, 2.05) is 0 Å². The van der Waals surface area contributed by atoms with Gasteiger partial charge in [-0.3, -0.25) is 10.1 Å². The lowest BCUT2D eigenvalue weighted by Crippen LogP contribution is -2.49. The molecule has 3 amide bonds. The highest BCUT2D eigenvalue weighted by atomic mass is 79.9. The van der Waals surface area contributed by atoms with E-state index in [1.54, 1.807) is 12.4 Å². The Labute approximate surface area is 100 Å². The fourth-order valence-corrected chi connectivity index (χ4v) is 1.55. The second kappa shape index (κ2) is 4.56. The van der Waals surface area contributed by atoms with Gasteiger partial charge >= 0.3 is 6.03 Å². The standard InChI is InChI=1S/C9H9BrN4O2/c10-6-3-11-7(12-4-6)5-14-2-1-8(15)13-9(14)16/h3-4H,1-2,5H2,(H,13,15,16). The number of carbonyl (C=O) groups excluding carboxylic acids is 2. The van der Waals surface area contributed by atoms with Crippen molar-refractivity contribution in [3.05, 3.63) is 22.7 Å². The van der Waals surface area contributed by atoms with Crippen molar-refractivity contribution >= 4 is 27.9 Å². The van der Waals surface area contributed by atoms with Crippen LogP contribution in [-0.4, -0.2) is 33.4 Å². The minimum absolute atomic E-state index is 0.238. The number of hydrogen-bond acceptors (Lipinski definition) is 4. The minimum atomic E-state index is -0.386. The van der Waals surface area contributed by atoms with Gasteiger partial charge in [-0.05, 0) is 15.9 Å². The molecule has 0 aliphatic carbocycles. The van der Waals surface area contributed by atoms with Gasteiger partial charge in [0.15, 0.2) is 0 Å². The summed E-state index contributed by atoms with van der Waals surface area (Å²) in [5, 5.41) is 2.24. The molecule has 0 unspecified atom stereocenters. The van der Waals surface area contributed by atoms with Crippen LogP contribution in [-0.2, 0) is 11.3 Å². The lowest BCUT2D eigenvalue weighted by molar-refractivity contribution is -0.121. The summed E-state index contributed by atoms with van der Waals surface area (Å²) < 4.78 is 0.787. The highest BCUT2D eigenvalue weighted by Crippen LogP contribution is 2.08. The Hall–Kier alpha value is -1.50. The Bertz CT molecular complexity index is 420. The number of nitrogens with one attached hydrogen (secondary N) is 1. The lowest BCUT2D eigenvalue weighted by atomic mass is 10.3. The fraction of sp³-hybridized carbons (Fsp3) is 0.333. The molecule has 16 heavy (non-hydrogen) atoms. The van der Waals surface area contributed by atoms with Crippen molar-refractivity contribution in [3.63, 3.8) is 0 Å². The van der Waals surface area contributed by atoms with Gasteiger partial charge in [0.25, 0.3) is 0 Å². The molecule has 7 heteroatoms. The molecular formula is C9H9BrN4O2. The van der Waals surface area contributed by atoms with Crippen LogP contribution in [0.5, 0.6) is 0 Å². The van der Waals surface area contributed by atoms with E-state index in [9.17, 15) is 9.59 Å². The molecule has 2 rings (SSSR count). The number of rotatable bonds is 2. The van der Waals surface area contributed by atoms with Gasteiger partial charge in [0.2, 0.25) is 5.91 Å². The zero-order chi connectivity index (χ0) is 11.5. The molecule has 0 bridgehead atoms. The highest BCUT2D eigenvalue weighted by Gasteiger charge is 2.23. The van der Waals surface area contributed by atoms with Crippen molar-refractivity contribution in [2.75, 3.05) is 6.54 Å². The van der Waals surface area contributed by atoms with E-state index in [0.29, 0.717) is 25.3 Å². The van der Waals surface area contributed by atoms with Crippen LogP contribution in [0.2, 0.25) is 0 Å². The average molecular weight is 285 g/mol. The number of urea groups is 1. The summed E-state index contributed by atoms with van der Waals surface area (Å²) in [5.41, 5.74) is 0. The summed E-state index contributed by atoms with van der Waals surface area (Å²) in [5.74, 6) is 0.311. The van der Waals surface area contributed by atoms with Crippen molar-refractivity contribution in [2.45, 2.75) is 13.0 Å². The van der Waals surface area contributed by atoms with Crippen LogP contribution >= 0.6 is 15.9 Å². The van der Waals surface area contributed by atoms with Gasteiger partial charge in [0, 0.05) is 25.4 Å². The molecule has 0 radical (unpaired) electrons. The van der Waals surface area contributed by atoms with Crippen molar-refractivity contribution in [1.82, 2.24) is 20.2 Å². The molecule has 1 saturated heterocycles. The molecule has 1 N–H and O–H groups in total. The van der Waals surface area contributed by atoms with Crippen LogP contribution in [0.15, 0.2) is 16.9 Å². The van der Waals surface area contributed by atoms with Gasteiger partial charge in [-0.25, -0.2) is 14.8 Å². The molecule has 1 aliphatic rings. The third-order valence-corrected chi connectivity index (χ3v) is 2.56. The first-order valence-electron chi connectivity index (χ1n) is 4.70. The van der Waals surface area contributed by atoms with E-state index in [0.717, 1.165) is 4.47 Å². The smallest absolute Gasteiger partial charge is 0.316 e. The Balaban J connectivity index is 2.02. The maximum atomic E-state index is 11.4. The summed E-state index contributed by atoms with van der Waals surface area (Å²) in [6.45, 7) is 0.719. The van der Waals surface area contributed by atoms with Gasteiger partial charge in [-0.1, -0.05) is 0 Å². The average Bonchev–Trinajstić information content (AvgIpc) is 2.25. The van der Waals surface area contributed by atoms with Crippen molar-refractivity contribution < 1.29 is 9.59 Å². The zero-order valence-corrected chi connectivity index (χ0v) is 9.90. The van der Waals surface area contributed by atoms with Gasteiger partial charge in [-0.2, -0.15) is 0 Å². The third-order valence-electron chi connectivity index (χ3n) is 2.15. The zero-order valence-electron chi connectivity index (χ0n) is 8.31. The quantitative estimate of drug-likeness (QED) is 0.867. The predicted octanol–water partition coefficient (Wildman–Crippen LogP) is 0.681. The van der Waals surface area contributed by atoms with Gasteiger partial charge in [0.05, 0.1) is 11.0 Å². The first-order valence-corrected chi connectivity index (χ1v) is 5.49. The van der Waals surface area contributed by atoms with E-state index in [1.165, 1.54) is 4.90 Å². The molecule has 84 valence electrons. The van der Waals surface area contributed by atoms with E-state index >= 15 is 0 Å². The summed E-state index contributed by atoms with van der Waals surface area (Å²) >= 11 is 3.23. The van der Waals surface area contributed by atoms with Crippen LogP contribution < -0.4 is 5.32 Å². The molecule has 1 fully saturated rings. The van der Waals surface area contributed by atoms with Crippen molar-refractivity contribution in [1.29, 1.82) is 0 Å². The second-order valence-electron chi connectivity index (χ2n) is 3.34. The summed E-state index contributed by atoms with van der Waals surface area (Å²) in [6.07, 6.45) is 3.56. The molecule has 1 aromatic rings. The predicted molar refractivity (Wildman–Crippen MR) is 58.3 cm³/mol. The number of halogens is 1. The van der Waals surface area contributed by atoms with Crippen LogP contribution in [0.25, 0.3) is 0 Å². The normalized spacial score (nSPS) is 16.2. The molecule has 1 aliphatic heterocycles. The largest absolute Gasteiger partial charge is 0.324 e. The van der Waals surface area contributed by atoms with Crippen LogP contribution in [0.1, 0.15) is 12.2 Å². The van der Waals surface area contributed by atoms with E-state index in [2.05, 4.69) is 31.2 Å². The molecule has 0 spiro atoms. The molecule has 0 aromatic carbocycles. The SMILES string of the molecule is O=C1CCN(Cc2ncc(Br)cn2)C(=O)N1. The van der Waals surface area contributed by atoms with Crippen molar-refractivity contribution in [2.24, 2.45) is 0 Å². The van der Waals surface area contributed by atoms with E-state index < -0.39 is 0 Å². The maximum Gasteiger partial charge on any atom is 0.324 e. The topological polar surface area (TPSA) is 75.2 Å². The molecule has 0 atom stereocenters. The first-order chi connectivity index (χ1) is 7.65. The van der Waals surface area contributed by atoms with Crippen LogP contribution in [0, 0.1) is 0 Å². The van der Waals surface area contributed by atoms with Crippen LogP contribution in [0.4, 0.5) is 4.79 Å². The molecule has 2 heterocycles. The summed E-state index contributed by atoms with van der Waals surface area (Å²) in [4.78, 5) is 32.0. The van der Waals surface area contributed by atoms with Gasteiger partial charge in [-0.15, -0.1) is 0 Å². The Morgan fingerprint density at radius 3 is 2.69 bits per heavy atom. The number of hydrogen-bond donors (Lipinski definition) is 1. The van der Waals surface area contributed by atoms with E-state index in [4.69, 9.17) is 0 Å². The van der Waals surface area contributed by atoms with Crippen LogP contribution in [0.3, 0.4) is 0 Å². The third kappa shape index (κ3) is 2.54. The molecule has 6 nitrogen and oxygen atoms in total. The Kier molecular flexibility index (Phi) is 3.14. The molecular weight excluding hydrogens is 276 g/mol. The molecule has 1 aromatic heterocycles.